The lowest BCUT2D eigenvalue weighted by molar-refractivity contribution is -0.148. The summed E-state index contributed by atoms with van der Waals surface area (Å²) in [6.07, 6.45) is 5.69. The average Bonchev–Trinajstić information content (AvgIpc) is 2.90. The van der Waals surface area contributed by atoms with Gasteiger partial charge in [0.25, 0.3) is 0 Å². The molecular formula is C34H49N3O4. The van der Waals surface area contributed by atoms with Gasteiger partial charge in [0.1, 0.15) is 17.7 Å². The summed E-state index contributed by atoms with van der Waals surface area (Å²) < 4.78 is 5.54. The van der Waals surface area contributed by atoms with Crippen molar-refractivity contribution in [1.82, 2.24) is 15.5 Å². The first kappa shape index (κ1) is 32.2. The predicted octanol–water partition coefficient (Wildman–Crippen LogP) is 6.50. The molecule has 2 N–H and O–H groups in total. The molecule has 2 atom stereocenters. The number of nitrogens with one attached hydrogen (secondary N) is 2. The Bertz CT molecular complexity index is 1140. The van der Waals surface area contributed by atoms with E-state index in [0.29, 0.717) is 0 Å². The Labute approximate surface area is 246 Å². The van der Waals surface area contributed by atoms with Gasteiger partial charge in [-0.3, -0.25) is 9.59 Å². The minimum absolute atomic E-state index is 0.0885. The number of carbonyl (C=O) groups excluding carboxylic acids is 3. The molecule has 0 heterocycles. The second-order valence-corrected chi connectivity index (χ2v) is 13.1. The Morgan fingerprint density at radius 2 is 1.49 bits per heavy atom. The van der Waals surface area contributed by atoms with Crippen molar-refractivity contribution in [2.24, 2.45) is 0 Å². The molecule has 7 heteroatoms. The number of amides is 3. The van der Waals surface area contributed by atoms with Gasteiger partial charge in [0, 0.05) is 18.0 Å². The van der Waals surface area contributed by atoms with Crippen molar-refractivity contribution in [1.29, 1.82) is 0 Å². The highest BCUT2D eigenvalue weighted by Crippen LogP contribution is 2.31. The van der Waals surface area contributed by atoms with Crippen LogP contribution < -0.4 is 10.6 Å². The predicted molar refractivity (Wildman–Crippen MR) is 163 cm³/mol. The molecule has 224 valence electrons. The van der Waals surface area contributed by atoms with Crippen molar-refractivity contribution in [3.05, 3.63) is 71.3 Å². The van der Waals surface area contributed by atoms with Gasteiger partial charge in [0.2, 0.25) is 11.8 Å². The molecule has 2 aromatic rings. The maximum absolute atomic E-state index is 14.6. The topological polar surface area (TPSA) is 87.7 Å². The molecule has 1 aliphatic carbocycles. The number of hydrogen-bond donors (Lipinski definition) is 2. The maximum atomic E-state index is 14.6. The van der Waals surface area contributed by atoms with Crippen LogP contribution >= 0.6 is 0 Å². The van der Waals surface area contributed by atoms with Crippen molar-refractivity contribution in [2.45, 2.75) is 123 Å². The van der Waals surface area contributed by atoms with Gasteiger partial charge in [-0.15, -0.1) is 0 Å². The Morgan fingerprint density at radius 3 is 2.02 bits per heavy atom. The van der Waals surface area contributed by atoms with Crippen LogP contribution in [0.4, 0.5) is 4.79 Å². The number of aryl methyl sites for hydroxylation is 1. The highest BCUT2D eigenvalue weighted by Gasteiger charge is 2.42. The van der Waals surface area contributed by atoms with Crippen molar-refractivity contribution < 1.29 is 19.1 Å². The summed E-state index contributed by atoms with van der Waals surface area (Å²) >= 11 is 0. The van der Waals surface area contributed by atoms with Crippen LogP contribution in [0.2, 0.25) is 0 Å². The molecule has 7 nitrogen and oxygen atoms in total. The lowest BCUT2D eigenvalue weighted by Crippen LogP contribution is -2.59. The smallest absolute Gasteiger partial charge is 0.408 e. The molecule has 0 saturated heterocycles. The van der Waals surface area contributed by atoms with E-state index in [1.54, 1.807) is 25.7 Å². The van der Waals surface area contributed by atoms with Crippen LogP contribution in [0.5, 0.6) is 0 Å². The number of alkyl carbamates (subject to hydrolysis) is 1. The Kier molecular flexibility index (Phi) is 11.0. The molecule has 2 aromatic carbocycles. The quantitative estimate of drug-likeness (QED) is 0.364. The zero-order valence-corrected chi connectivity index (χ0v) is 26.0. The summed E-state index contributed by atoms with van der Waals surface area (Å²) in [7, 11) is 0. The largest absolute Gasteiger partial charge is 0.444 e. The van der Waals surface area contributed by atoms with Crippen LogP contribution in [0.1, 0.15) is 103 Å². The highest BCUT2D eigenvalue weighted by molar-refractivity contribution is 5.93. The second-order valence-electron chi connectivity index (χ2n) is 13.1. The molecule has 0 aliphatic heterocycles. The maximum Gasteiger partial charge on any atom is 0.408 e. The molecule has 0 bridgehead atoms. The Hall–Kier alpha value is -3.35. The summed E-state index contributed by atoms with van der Waals surface area (Å²) in [6, 6.07) is 15.8. The first-order chi connectivity index (χ1) is 19.3. The number of rotatable bonds is 9. The summed E-state index contributed by atoms with van der Waals surface area (Å²) in [5.41, 5.74) is 1.33. The van der Waals surface area contributed by atoms with Crippen LogP contribution in [0.15, 0.2) is 54.6 Å². The third-order valence-corrected chi connectivity index (χ3v) is 7.39. The van der Waals surface area contributed by atoms with E-state index in [-0.39, 0.29) is 24.3 Å². The van der Waals surface area contributed by atoms with Gasteiger partial charge in [0.05, 0.1) is 0 Å². The molecule has 1 aliphatic rings. The average molecular weight is 564 g/mol. The molecule has 0 radical (unpaired) electrons. The van der Waals surface area contributed by atoms with Crippen LogP contribution in [0.3, 0.4) is 0 Å². The number of ether oxygens (including phenoxy) is 1. The zero-order chi connectivity index (χ0) is 30.2. The van der Waals surface area contributed by atoms with E-state index in [4.69, 9.17) is 4.74 Å². The Balaban J connectivity index is 2.05. The molecule has 1 saturated carbocycles. The summed E-state index contributed by atoms with van der Waals surface area (Å²) in [4.78, 5) is 43.3. The van der Waals surface area contributed by atoms with Crippen LogP contribution in [-0.4, -0.2) is 46.0 Å². The van der Waals surface area contributed by atoms with Gasteiger partial charge in [-0.1, -0.05) is 80.8 Å². The molecular weight excluding hydrogens is 514 g/mol. The minimum Gasteiger partial charge on any atom is -0.444 e. The standard InChI is InChI=1S/C34H49N3O4/c1-8-24-19-21-26(22-20-24)29(30(38)35-27-17-13-10-14-18-27)37(33(2,3)4)31(39)28(23-25-15-11-9-12-16-25)36-32(40)41-34(5,6)7/h9,11-12,15-16,19-22,27-29H,8,10,13-14,17-18,23H2,1-7H3,(H,35,38)(H,36,40). The van der Waals surface area contributed by atoms with Crippen molar-refractivity contribution in [3.63, 3.8) is 0 Å². The van der Waals surface area contributed by atoms with Crippen LogP contribution in [0, 0.1) is 0 Å². The molecule has 2 unspecified atom stereocenters. The SMILES string of the molecule is CCc1ccc(C(C(=O)NC2CCCCC2)N(C(=O)C(Cc2ccccc2)NC(=O)OC(C)(C)C)C(C)(C)C)cc1. The van der Waals surface area contributed by atoms with Gasteiger partial charge in [-0.05, 0) is 77.5 Å². The normalized spacial score (nSPS) is 15.9. The minimum atomic E-state index is -0.939. The molecule has 3 rings (SSSR count). The molecule has 0 aromatic heterocycles. The summed E-state index contributed by atoms with van der Waals surface area (Å²) in [5, 5.41) is 6.10. The Morgan fingerprint density at radius 1 is 0.878 bits per heavy atom. The fourth-order valence-electron chi connectivity index (χ4n) is 5.39. The number of benzene rings is 2. The fourth-order valence-corrected chi connectivity index (χ4v) is 5.39. The number of nitrogens with zero attached hydrogens (tertiary/aromatic N) is 1. The molecule has 0 spiro atoms. The van der Waals surface area contributed by atoms with Crippen molar-refractivity contribution >= 4 is 17.9 Å². The molecule has 1 fully saturated rings. The summed E-state index contributed by atoms with van der Waals surface area (Å²) in [5.74, 6) is -0.532. The first-order valence-electron chi connectivity index (χ1n) is 15.0. The number of carbonyl (C=O) groups is 3. The first-order valence-corrected chi connectivity index (χ1v) is 15.0. The van der Waals surface area contributed by atoms with E-state index >= 15 is 0 Å². The lowest BCUT2D eigenvalue weighted by Gasteiger charge is -2.43. The fraction of sp³-hybridized carbons (Fsp3) is 0.559. The third-order valence-electron chi connectivity index (χ3n) is 7.39. The van der Waals surface area contributed by atoms with Crippen molar-refractivity contribution in [3.8, 4) is 0 Å². The molecule has 3 amide bonds. The van der Waals surface area contributed by atoms with E-state index in [2.05, 4.69) is 17.6 Å². The van der Waals surface area contributed by atoms with Crippen molar-refractivity contribution in [2.75, 3.05) is 0 Å². The lowest BCUT2D eigenvalue weighted by atomic mass is 9.92. The van der Waals surface area contributed by atoms with E-state index < -0.39 is 29.3 Å². The summed E-state index contributed by atoms with van der Waals surface area (Å²) in [6.45, 7) is 13.2. The van der Waals surface area contributed by atoms with Crippen LogP contribution in [0.25, 0.3) is 0 Å². The van der Waals surface area contributed by atoms with E-state index in [9.17, 15) is 14.4 Å². The molecule has 41 heavy (non-hydrogen) atoms. The van der Waals surface area contributed by atoms with Gasteiger partial charge < -0.3 is 20.3 Å². The van der Waals surface area contributed by atoms with E-state index in [0.717, 1.165) is 48.8 Å². The highest BCUT2D eigenvalue weighted by atomic mass is 16.6. The number of hydrogen-bond acceptors (Lipinski definition) is 4. The van der Waals surface area contributed by atoms with E-state index in [1.165, 1.54) is 6.42 Å². The van der Waals surface area contributed by atoms with Crippen LogP contribution in [-0.2, 0) is 27.2 Å². The van der Waals surface area contributed by atoms with Gasteiger partial charge in [0.15, 0.2) is 0 Å². The van der Waals surface area contributed by atoms with Gasteiger partial charge in [-0.25, -0.2) is 4.79 Å². The second kappa shape index (κ2) is 14.0. The van der Waals surface area contributed by atoms with E-state index in [1.807, 2.05) is 75.4 Å². The zero-order valence-electron chi connectivity index (χ0n) is 26.0. The van der Waals surface area contributed by atoms with Gasteiger partial charge in [-0.2, -0.15) is 0 Å². The third kappa shape index (κ3) is 9.61. The van der Waals surface area contributed by atoms with Gasteiger partial charge >= 0.3 is 6.09 Å². The monoisotopic (exact) mass is 563 g/mol.